The van der Waals surface area contributed by atoms with Crippen molar-refractivity contribution in [3.8, 4) is 5.75 Å². The summed E-state index contributed by atoms with van der Waals surface area (Å²) in [6, 6.07) is 24.9. The molecule has 0 atom stereocenters. The Morgan fingerprint density at radius 3 is 2.40 bits per heavy atom. The third-order valence-electron chi connectivity index (χ3n) is 5.68. The van der Waals surface area contributed by atoms with Crippen molar-refractivity contribution in [1.29, 1.82) is 0 Å². The summed E-state index contributed by atoms with van der Waals surface area (Å²) in [6.07, 6.45) is 2.34. The topological polar surface area (TPSA) is 107 Å². The molecule has 35 heavy (non-hydrogen) atoms. The summed E-state index contributed by atoms with van der Waals surface area (Å²) >= 11 is 0. The molecule has 0 bridgehead atoms. The number of ether oxygens (including phenoxy) is 1. The van der Waals surface area contributed by atoms with E-state index in [1.807, 2.05) is 78.9 Å². The first kappa shape index (κ1) is 22.1. The van der Waals surface area contributed by atoms with E-state index in [0.29, 0.717) is 35.2 Å². The van der Waals surface area contributed by atoms with Crippen molar-refractivity contribution in [2.45, 2.75) is 6.42 Å². The molecule has 0 fully saturated rings. The number of rotatable bonds is 7. The Kier molecular flexibility index (Phi) is 6.09. The molecule has 3 N–H and O–H groups in total. The first-order valence-corrected chi connectivity index (χ1v) is 11.2. The normalized spacial score (nSPS) is 11.3. The maximum atomic E-state index is 13.2. The van der Waals surface area contributed by atoms with Gasteiger partial charge in [-0.05, 0) is 41.8 Å². The van der Waals surface area contributed by atoms with Gasteiger partial charge in [0.2, 0.25) is 0 Å². The predicted octanol–water partition coefficient (Wildman–Crippen LogP) is 4.03. The number of nitrogen functional groups attached to an aromatic ring is 1. The lowest BCUT2D eigenvalue weighted by Crippen LogP contribution is -2.26. The number of fused-ring (bicyclic) bond motifs is 2. The van der Waals surface area contributed by atoms with Gasteiger partial charge < -0.3 is 15.8 Å². The zero-order chi connectivity index (χ0) is 24.2. The highest BCUT2D eigenvalue weighted by atomic mass is 16.5. The molecule has 8 heteroatoms. The minimum absolute atomic E-state index is 0.185. The van der Waals surface area contributed by atoms with Crippen LogP contribution in [0.2, 0.25) is 0 Å². The molecule has 5 rings (SSSR count). The molecule has 0 spiro atoms. The highest BCUT2D eigenvalue weighted by Gasteiger charge is 2.23. The molecule has 0 aliphatic rings. The van der Waals surface area contributed by atoms with Crippen LogP contribution in [0.4, 0.5) is 5.82 Å². The second kappa shape index (κ2) is 9.64. The summed E-state index contributed by atoms with van der Waals surface area (Å²) in [5.74, 6) is 0.656. The van der Waals surface area contributed by atoms with Gasteiger partial charge in [0.05, 0.1) is 24.4 Å². The summed E-state index contributed by atoms with van der Waals surface area (Å²) in [5, 5.41) is 7.49. The first-order valence-electron chi connectivity index (χ1n) is 11.2. The van der Waals surface area contributed by atoms with E-state index in [0.717, 1.165) is 16.9 Å². The fraction of sp³-hybridized carbons (Fsp3) is 0.111. The Morgan fingerprint density at radius 2 is 1.69 bits per heavy atom. The highest BCUT2D eigenvalue weighted by Crippen LogP contribution is 2.27. The number of aromatic nitrogens is 3. The van der Waals surface area contributed by atoms with Crippen LogP contribution in [0.25, 0.3) is 22.2 Å². The van der Waals surface area contributed by atoms with Crippen molar-refractivity contribution in [2.24, 2.45) is 5.10 Å². The van der Waals surface area contributed by atoms with Crippen LogP contribution in [0.1, 0.15) is 21.5 Å². The average molecular weight is 465 g/mol. The molecule has 0 aliphatic carbocycles. The predicted molar refractivity (Wildman–Crippen MR) is 138 cm³/mol. The second-order valence-corrected chi connectivity index (χ2v) is 7.97. The van der Waals surface area contributed by atoms with E-state index in [2.05, 4.69) is 10.4 Å². The molecule has 0 radical (unpaired) electrons. The van der Waals surface area contributed by atoms with Crippen molar-refractivity contribution < 1.29 is 9.53 Å². The first-order chi connectivity index (χ1) is 17.1. The number of para-hydroxylation sites is 2. The number of anilines is 1. The molecular weight excluding hydrogens is 440 g/mol. The van der Waals surface area contributed by atoms with Crippen molar-refractivity contribution in [3.05, 3.63) is 95.6 Å². The van der Waals surface area contributed by atoms with Crippen molar-refractivity contribution >= 4 is 40.1 Å². The molecule has 174 valence electrons. The number of nitrogens with two attached hydrogens (primary N) is 1. The fourth-order valence-corrected chi connectivity index (χ4v) is 3.85. The third kappa shape index (κ3) is 4.54. The van der Waals surface area contributed by atoms with Gasteiger partial charge in [0.25, 0.3) is 5.91 Å². The number of carbonyl (C=O) groups excluding carboxylic acids is 1. The largest absolute Gasteiger partial charge is 0.497 e. The molecule has 0 saturated carbocycles. The minimum atomic E-state index is -0.320. The van der Waals surface area contributed by atoms with Gasteiger partial charge in [-0.3, -0.25) is 4.79 Å². The zero-order valence-corrected chi connectivity index (χ0v) is 19.2. The maximum Gasteiger partial charge on any atom is 0.257 e. The summed E-state index contributed by atoms with van der Waals surface area (Å²) in [5.41, 5.74) is 10.9. The SMILES string of the molecule is COc1ccc(CCNC(=O)c2c(N)n(/N=C\c3ccccc3)c3nc4ccccc4nc23)cc1. The van der Waals surface area contributed by atoms with Gasteiger partial charge in [0.15, 0.2) is 5.65 Å². The quantitative estimate of drug-likeness (QED) is 0.354. The molecule has 1 amide bonds. The van der Waals surface area contributed by atoms with E-state index >= 15 is 0 Å². The van der Waals surface area contributed by atoms with Crippen LogP contribution in [0, 0.1) is 0 Å². The van der Waals surface area contributed by atoms with Gasteiger partial charge in [-0.25, -0.2) is 9.97 Å². The second-order valence-electron chi connectivity index (χ2n) is 7.97. The fourth-order valence-electron chi connectivity index (χ4n) is 3.85. The maximum absolute atomic E-state index is 13.2. The molecular formula is C27H24N6O2. The minimum Gasteiger partial charge on any atom is -0.497 e. The van der Waals surface area contributed by atoms with Crippen LogP contribution in [0.15, 0.2) is 84.0 Å². The Hall–Kier alpha value is -4.72. The number of amides is 1. The molecule has 0 unspecified atom stereocenters. The van der Waals surface area contributed by atoms with Crippen molar-refractivity contribution in [3.63, 3.8) is 0 Å². The summed E-state index contributed by atoms with van der Waals surface area (Å²) < 4.78 is 6.67. The van der Waals surface area contributed by atoms with Crippen LogP contribution < -0.4 is 15.8 Å². The number of nitrogens with zero attached hydrogens (tertiary/aromatic N) is 4. The number of hydrogen-bond donors (Lipinski definition) is 2. The number of methoxy groups -OCH3 is 1. The van der Waals surface area contributed by atoms with E-state index in [1.165, 1.54) is 4.68 Å². The summed E-state index contributed by atoms with van der Waals surface area (Å²) in [6.45, 7) is 0.436. The lowest BCUT2D eigenvalue weighted by atomic mass is 10.1. The number of carbonyl (C=O) groups is 1. The van der Waals surface area contributed by atoms with Crippen LogP contribution in [0.3, 0.4) is 0 Å². The van der Waals surface area contributed by atoms with Crippen LogP contribution in [0.5, 0.6) is 5.75 Å². The number of hydrogen-bond acceptors (Lipinski definition) is 6. The van der Waals surface area contributed by atoms with Crippen molar-refractivity contribution in [2.75, 3.05) is 19.4 Å². The van der Waals surface area contributed by atoms with Gasteiger partial charge >= 0.3 is 0 Å². The molecule has 2 aromatic heterocycles. The van der Waals surface area contributed by atoms with Gasteiger partial charge in [-0.15, -0.1) is 0 Å². The van der Waals surface area contributed by atoms with Crippen molar-refractivity contribution in [1.82, 2.24) is 20.0 Å². The van der Waals surface area contributed by atoms with Gasteiger partial charge in [-0.2, -0.15) is 9.78 Å². The lowest BCUT2D eigenvalue weighted by molar-refractivity contribution is 0.0956. The highest BCUT2D eigenvalue weighted by molar-refractivity contribution is 6.10. The lowest BCUT2D eigenvalue weighted by Gasteiger charge is -2.06. The van der Waals surface area contributed by atoms with E-state index in [-0.39, 0.29) is 17.3 Å². The Bertz CT molecular complexity index is 1520. The average Bonchev–Trinajstić information content (AvgIpc) is 3.17. The molecule has 2 heterocycles. The van der Waals surface area contributed by atoms with Crippen LogP contribution >= 0.6 is 0 Å². The Balaban J connectivity index is 1.48. The van der Waals surface area contributed by atoms with E-state index in [1.54, 1.807) is 13.3 Å². The smallest absolute Gasteiger partial charge is 0.257 e. The number of benzene rings is 3. The van der Waals surface area contributed by atoms with Gasteiger partial charge in [0, 0.05) is 6.54 Å². The van der Waals surface area contributed by atoms with E-state index in [9.17, 15) is 4.79 Å². The molecule has 0 saturated heterocycles. The van der Waals surface area contributed by atoms with Gasteiger partial charge in [-0.1, -0.05) is 54.6 Å². The third-order valence-corrected chi connectivity index (χ3v) is 5.68. The molecule has 0 aliphatic heterocycles. The Morgan fingerprint density at radius 1 is 1.00 bits per heavy atom. The Labute approximate surface area is 202 Å². The van der Waals surface area contributed by atoms with Crippen LogP contribution in [-0.2, 0) is 6.42 Å². The van der Waals surface area contributed by atoms with Gasteiger partial charge in [0.1, 0.15) is 22.6 Å². The van der Waals surface area contributed by atoms with Crippen LogP contribution in [-0.4, -0.2) is 40.4 Å². The number of nitrogens with one attached hydrogen (secondary N) is 1. The zero-order valence-electron chi connectivity index (χ0n) is 19.2. The summed E-state index contributed by atoms with van der Waals surface area (Å²) in [7, 11) is 1.63. The van der Waals surface area contributed by atoms with E-state index in [4.69, 9.17) is 20.4 Å². The summed E-state index contributed by atoms with van der Waals surface area (Å²) in [4.78, 5) is 22.7. The standard InChI is InChI=1S/C27H24N6O2/c1-35-20-13-11-18(12-14-20)15-16-29-27(34)23-24-26(32-22-10-6-5-9-21(22)31-24)33(25(23)28)30-17-19-7-3-2-4-8-19/h2-14,17H,15-16,28H2,1H3,(H,29,34)/b30-17-. The molecule has 5 aromatic rings. The molecule has 8 nitrogen and oxygen atoms in total. The molecule has 3 aromatic carbocycles. The van der Waals surface area contributed by atoms with E-state index < -0.39 is 0 Å². The monoisotopic (exact) mass is 464 g/mol.